The first kappa shape index (κ1) is 65.1. The van der Waals surface area contributed by atoms with Crippen molar-refractivity contribution in [3.05, 3.63) is 60.0 Å². The van der Waals surface area contributed by atoms with Gasteiger partial charge in [0.1, 0.15) is 17.7 Å². The van der Waals surface area contributed by atoms with E-state index in [1.165, 1.54) is 18.3 Å². The van der Waals surface area contributed by atoms with Gasteiger partial charge in [-0.2, -0.15) is 0 Å². The van der Waals surface area contributed by atoms with Crippen molar-refractivity contribution in [3.8, 4) is 0 Å². The Labute approximate surface area is 433 Å². The van der Waals surface area contributed by atoms with Gasteiger partial charge >= 0.3 is 0 Å². The van der Waals surface area contributed by atoms with Crippen LogP contribution in [-0.2, 0) is 80.9 Å². The minimum atomic E-state index is -1.01. The number of oxime groups is 1. The lowest BCUT2D eigenvalue weighted by Gasteiger charge is -2.16. The molecule has 2 aromatic rings. The highest BCUT2D eigenvalue weighted by Crippen LogP contribution is 2.03. The normalized spacial score (nSPS) is 11.7. The fourth-order valence-electron chi connectivity index (χ4n) is 5.63. The molecule has 0 saturated carbocycles. The smallest absolute Gasteiger partial charge is 0.260 e. The van der Waals surface area contributed by atoms with Gasteiger partial charge in [-0.25, -0.2) is 9.37 Å². The lowest BCUT2D eigenvalue weighted by molar-refractivity contribution is -0.128. The van der Waals surface area contributed by atoms with E-state index in [4.69, 9.17) is 67.4 Å². The van der Waals surface area contributed by atoms with E-state index in [9.17, 15) is 23.6 Å². The molecule has 1 aromatic heterocycles. The Balaban J connectivity index is 1.18. The van der Waals surface area contributed by atoms with E-state index in [1.807, 2.05) is 18.2 Å². The first-order chi connectivity index (χ1) is 36.3. The van der Waals surface area contributed by atoms with Crippen molar-refractivity contribution in [2.45, 2.75) is 31.7 Å². The van der Waals surface area contributed by atoms with Crippen LogP contribution in [0.2, 0.25) is 0 Å². The molecule has 1 unspecified atom stereocenters. The fraction of sp³-hybridized carbons (Fsp3) is 0.673. The van der Waals surface area contributed by atoms with E-state index in [1.54, 1.807) is 18.3 Å². The summed E-state index contributed by atoms with van der Waals surface area (Å²) in [6, 6.07) is 10.3. The molecular weight excluding hydrogens is 977 g/mol. The van der Waals surface area contributed by atoms with Gasteiger partial charge in [0.2, 0.25) is 17.7 Å². The number of ether oxygens (including phenoxy) is 12. The molecule has 2 rings (SSSR count). The number of unbranched alkanes of at least 4 members (excludes halogenated alkanes) is 1. The molecule has 1 aromatic carbocycles. The highest BCUT2D eigenvalue weighted by atomic mass is 18.2. The van der Waals surface area contributed by atoms with Gasteiger partial charge < -0.3 is 88.7 Å². The Morgan fingerprint density at radius 2 is 0.986 bits per heavy atom. The highest BCUT2D eigenvalue weighted by molar-refractivity contribution is 5.87. The van der Waals surface area contributed by atoms with Gasteiger partial charge in [-0.15, -0.1) is 0 Å². The number of hydrogen-bond acceptors (Lipinski definition) is 20. The lowest BCUT2D eigenvalue weighted by atomic mass is 10.2. The minimum Gasteiger partial charge on any atom is -0.386 e. The summed E-state index contributed by atoms with van der Waals surface area (Å²) in [5.41, 5.74) is 6.07. The molecule has 25 heteroatoms. The second kappa shape index (κ2) is 48.9. The van der Waals surface area contributed by atoms with E-state index >= 15 is 0 Å². The van der Waals surface area contributed by atoms with Gasteiger partial charge in [0.15, 0.2) is 6.61 Å². The van der Waals surface area contributed by atoms with Gasteiger partial charge in [-0.1, -0.05) is 23.4 Å². The molecule has 0 radical (unpaired) electrons. The third-order valence-electron chi connectivity index (χ3n) is 9.46. The maximum atomic E-state index is 12.9. The van der Waals surface area contributed by atoms with Crippen molar-refractivity contribution in [2.24, 2.45) is 10.9 Å². The van der Waals surface area contributed by atoms with Crippen molar-refractivity contribution in [1.82, 2.24) is 20.9 Å². The number of pyridine rings is 1. The van der Waals surface area contributed by atoms with Crippen LogP contribution >= 0.6 is 0 Å². The third kappa shape index (κ3) is 42.3. The van der Waals surface area contributed by atoms with Crippen molar-refractivity contribution in [3.63, 3.8) is 0 Å². The van der Waals surface area contributed by atoms with Crippen LogP contribution in [0.1, 0.15) is 31.2 Å². The molecule has 0 spiro atoms. The molecule has 420 valence electrons. The van der Waals surface area contributed by atoms with Crippen LogP contribution in [0.4, 0.5) is 10.2 Å². The number of nitrogens with two attached hydrogens (primary N) is 1. The Morgan fingerprint density at radius 1 is 0.527 bits per heavy atom. The number of aromatic nitrogens is 1. The quantitative estimate of drug-likeness (QED) is 0.0345. The number of carbonyl (C=O) groups is 4. The molecule has 74 heavy (non-hydrogen) atoms. The Bertz CT molecular complexity index is 1700. The van der Waals surface area contributed by atoms with Crippen LogP contribution in [0.15, 0.2) is 53.8 Å². The Morgan fingerprint density at radius 3 is 1.43 bits per heavy atom. The number of primary amides is 1. The molecule has 6 N–H and O–H groups in total. The second-order valence-electron chi connectivity index (χ2n) is 15.4. The summed E-state index contributed by atoms with van der Waals surface area (Å²) in [6.07, 6.45) is 4.73. The molecule has 0 aliphatic rings. The third-order valence-corrected chi connectivity index (χ3v) is 9.46. The molecule has 0 bridgehead atoms. The molecule has 24 nitrogen and oxygen atoms in total. The summed E-state index contributed by atoms with van der Waals surface area (Å²) in [5.74, 6) is -1.30. The second-order valence-corrected chi connectivity index (χ2v) is 15.4. The van der Waals surface area contributed by atoms with Crippen molar-refractivity contribution in [1.29, 1.82) is 0 Å². The van der Waals surface area contributed by atoms with E-state index in [0.29, 0.717) is 177 Å². The van der Waals surface area contributed by atoms with Crippen LogP contribution in [0.5, 0.6) is 0 Å². The molecule has 0 aliphatic heterocycles. The summed E-state index contributed by atoms with van der Waals surface area (Å²) in [6.45, 7) is 10.4. The zero-order valence-corrected chi connectivity index (χ0v) is 42.7. The Hall–Kier alpha value is -5.03. The van der Waals surface area contributed by atoms with Crippen molar-refractivity contribution < 1.29 is 85.2 Å². The fourth-order valence-corrected chi connectivity index (χ4v) is 5.63. The number of anilines is 1. The number of rotatable bonds is 53. The van der Waals surface area contributed by atoms with E-state index in [0.717, 1.165) is 12.2 Å². The van der Waals surface area contributed by atoms with Gasteiger partial charge in [0, 0.05) is 38.7 Å². The molecule has 0 saturated heterocycles. The first-order valence-electron chi connectivity index (χ1n) is 24.9. The number of amides is 4. The predicted molar refractivity (Wildman–Crippen MR) is 268 cm³/mol. The highest BCUT2D eigenvalue weighted by Gasteiger charge is 2.19. The summed E-state index contributed by atoms with van der Waals surface area (Å²) in [5, 5.41) is 14.7. The number of halogens is 1. The van der Waals surface area contributed by atoms with Crippen LogP contribution < -0.4 is 27.0 Å². The van der Waals surface area contributed by atoms with E-state index in [-0.39, 0.29) is 56.1 Å². The van der Waals surface area contributed by atoms with Crippen LogP contribution in [-0.4, -0.2) is 226 Å². The monoisotopic (exact) mass is 1060 g/mol. The van der Waals surface area contributed by atoms with Gasteiger partial charge in [0.25, 0.3) is 5.91 Å². The average molecular weight is 1060 g/mol. The SMILES string of the molecule is NC(=O)C(CNC(=O)CCOCCOCCOCCOCCOCCOCCOCCOCCOCCOCCOCCOCCNC(=O)CO/N=C/c1ccc([18F])cc1)NC(=O)CCCCNc1ccccn1. The van der Waals surface area contributed by atoms with E-state index < -0.39 is 11.9 Å². The minimum absolute atomic E-state index is 0.0754. The molecular formula is C49H80FN7O17. The molecule has 4 amide bonds. The molecule has 1 heterocycles. The van der Waals surface area contributed by atoms with Crippen LogP contribution in [0.3, 0.4) is 0 Å². The van der Waals surface area contributed by atoms with Crippen molar-refractivity contribution in [2.75, 3.05) is 190 Å². The standard InChI is InChI=1S/C49H80FN7O17/c50-43-9-7-42(8-10-43)39-56-74-41-48(60)54-14-16-63-18-20-65-22-24-67-26-28-69-30-32-71-34-36-73-38-37-72-35-33-70-31-29-68-27-25-66-23-21-64-19-17-62-15-11-46(58)55-40-44(49(51)61)57-47(59)6-2-4-13-53-45-5-1-3-12-52-45/h1,3,5,7-10,12,39,44H,2,4,6,11,13-38,40-41H2,(H2,51,61)(H,52,53)(H,54,60)(H,55,58)(H,57,59)/b56-39+/i50-1. The largest absolute Gasteiger partial charge is 0.386 e. The predicted octanol–water partition coefficient (Wildman–Crippen LogP) is 0.645. The van der Waals surface area contributed by atoms with Crippen LogP contribution in [0.25, 0.3) is 0 Å². The summed E-state index contributed by atoms with van der Waals surface area (Å²) >= 11 is 0. The van der Waals surface area contributed by atoms with Gasteiger partial charge in [0.05, 0.1) is 165 Å². The zero-order chi connectivity index (χ0) is 53.0. The number of nitrogens with one attached hydrogen (secondary N) is 4. The number of benzene rings is 1. The summed E-state index contributed by atoms with van der Waals surface area (Å²) in [4.78, 5) is 57.1. The van der Waals surface area contributed by atoms with Crippen molar-refractivity contribution >= 4 is 35.7 Å². The number of hydrogen-bond donors (Lipinski definition) is 5. The zero-order valence-electron chi connectivity index (χ0n) is 42.7. The summed E-state index contributed by atoms with van der Waals surface area (Å²) < 4.78 is 78.6. The summed E-state index contributed by atoms with van der Waals surface area (Å²) in [7, 11) is 0. The first-order valence-corrected chi connectivity index (χ1v) is 24.9. The molecule has 1 atom stereocenters. The lowest BCUT2D eigenvalue weighted by Crippen LogP contribution is -2.51. The Kier molecular flexibility index (Phi) is 43.0. The number of nitrogens with zero attached hydrogens (tertiary/aromatic N) is 2. The molecule has 0 aliphatic carbocycles. The average Bonchev–Trinajstić information content (AvgIpc) is 3.40. The maximum Gasteiger partial charge on any atom is 0.260 e. The van der Waals surface area contributed by atoms with Crippen LogP contribution in [0, 0.1) is 5.82 Å². The van der Waals surface area contributed by atoms with E-state index in [2.05, 4.69) is 31.4 Å². The van der Waals surface area contributed by atoms with Gasteiger partial charge in [-0.05, 0) is 42.7 Å². The van der Waals surface area contributed by atoms with Gasteiger partial charge in [-0.3, -0.25) is 19.2 Å². The maximum absolute atomic E-state index is 12.9. The number of carbonyl (C=O) groups excluding carboxylic acids is 4. The topological polar surface area (TPSA) is 288 Å². The molecule has 0 fully saturated rings.